The fraction of sp³-hybridized carbons (Fsp3) is 0.250. The number of benzene rings is 1. The Labute approximate surface area is 172 Å². The highest BCUT2D eigenvalue weighted by atomic mass is 32.2. The highest BCUT2D eigenvalue weighted by Gasteiger charge is 2.33. The number of hydrogen-bond acceptors (Lipinski definition) is 8. The Morgan fingerprint density at radius 3 is 2.30 bits per heavy atom. The summed E-state index contributed by atoms with van der Waals surface area (Å²) in [6.07, 6.45) is 2.68. The quantitative estimate of drug-likeness (QED) is 0.467. The third-order valence-electron chi connectivity index (χ3n) is 5.42. The Balaban J connectivity index is 1.51. The summed E-state index contributed by atoms with van der Waals surface area (Å²) in [4.78, 5) is 40.6. The summed E-state index contributed by atoms with van der Waals surface area (Å²) in [6.45, 7) is 1.90. The van der Waals surface area contributed by atoms with Gasteiger partial charge in [0.15, 0.2) is 0 Å². The van der Waals surface area contributed by atoms with Crippen LogP contribution in [-0.4, -0.2) is 71.7 Å². The lowest BCUT2D eigenvalue weighted by atomic mass is 9.93. The van der Waals surface area contributed by atoms with E-state index in [-0.39, 0.29) is 28.4 Å². The molecule has 2 aliphatic rings. The molecule has 10 heteroatoms. The summed E-state index contributed by atoms with van der Waals surface area (Å²) in [5, 5.41) is 0. The van der Waals surface area contributed by atoms with Gasteiger partial charge in [-0.3, -0.25) is 14.6 Å². The molecular formula is C20H17N5O4S. The molecule has 152 valence electrons. The average molecular weight is 423 g/mol. The van der Waals surface area contributed by atoms with Gasteiger partial charge in [-0.1, -0.05) is 0 Å². The minimum Gasteiger partial charge on any atom is -0.369 e. The van der Waals surface area contributed by atoms with Crippen LogP contribution in [0.2, 0.25) is 0 Å². The molecule has 9 nitrogen and oxygen atoms in total. The predicted octanol–water partition coefficient (Wildman–Crippen LogP) is 0.882. The Morgan fingerprint density at radius 1 is 0.867 bits per heavy atom. The van der Waals surface area contributed by atoms with Crippen molar-refractivity contribution >= 4 is 38.3 Å². The smallest absolute Gasteiger partial charge is 0.232 e. The summed E-state index contributed by atoms with van der Waals surface area (Å²) in [5.41, 5.74) is 2.26. The number of ketones is 2. The van der Waals surface area contributed by atoms with Crippen molar-refractivity contribution in [3.8, 4) is 0 Å². The highest BCUT2D eigenvalue weighted by molar-refractivity contribution is 7.88. The molecular weight excluding hydrogens is 406 g/mol. The van der Waals surface area contributed by atoms with Gasteiger partial charge < -0.3 is 4.90 Å². The van der Waals surface area contributed by atoms with Crippen LogP contribution in [-0.2, 0) is 10.0 Å². The van der Waals surface area contributed by atoms with E-state index in [1.54, 1.807) is 18.2 Å². The molecule has 1 saturated heterocycles. The maximum atomic E-state index is 12.8. The van der Waals surface area contributed by atoms with Crippen molar-refractivity contribution in [2.75, 3.05) is 37.3 Å². The van der Waals surface area contributed by atoms with E-state index in [9.17, 15) is 18.0 Å². The van der Waals surface area contributed by atoms with Crippen LogP contribution in [0.4, 0.5) is 5.69 Å². The maximum absolute atomic E-state index is 12.8. The second-order valence-electron chi connectivity index (χ2n) is 7.30. The number of pyridine rings is 1. The minimum atomic E-state index is -3.20. The van der Waals surface area contributed by atoms with Crippen molar-refractivity contribution in [2.45, 2.75) is 0 Å². The van der Waals surface area contributed by atoms with Crippen LogP contribution in [0.15, 0.2) is 36.5 Å². The number of hydrogen-bond donors (Lipinski definition) is 0. The first-order valence-corrected chi connectivity index (χ1v) is 11.2. The lowest BCUT2D eigenvalue weighted by Crippen LogP contribution is -2.48. The van der Waals surface area contributed by atoms with Crippen molar-refractivity contribution in [1.29, 1.82) is 0 Å². The van der Waals surface area contributed by atoms with Gasteiger partial charge in [0, 0.05) is 38.1 Å². The van der Waals surface area contributed by atoms with Crippen molar-refractivity contribution in [2.24, 2.45) is 0 Å². The number of aromatic nitrogens is 3. The molecule has 5 rings (SSSR count). The van der Waals surface area contributed by atoms with Gasteiger partial charge in [0.25, 0.3) is 0 Å². The van der Waals surface area contributed by atoms with E-state index in [0.29, 0.717) is 37.2 Å². The molecule has 0 atom stereocenters. The Hall–Kier alpha value is -3.24. The van der Waals surface area contributed by atoms with Gasteiger partial charge in [0.2, 0.25) is 21.6 Å². The lowest BCUT2D eigenvalue weighted by molar-refractivity contribution is 0.0968. The molecule has 3 aromatic rings. The SMILES string of the molecule is CS(=O)(=O)N1CCN(c2ccc3nc4c(nc3c2)C(=O)c2ncccc2C4=O)CC1. The zero-order valence-corrected chi connectivity index (χ0v) is 16.9. The molecule has 0 spiro atoms. The highest BCUT2D eigenvalue weighted by Crippen LogP contribution is 2.27. The fourth-order valence-electron chi connectivity index (χ4n) is 3.84. The van der Waals surface area contributed by atoms with E-state index in [1.807, 2.05) is 12.1 Å². The van der Waals surface area contributed by atoms with E-state index < -0.39 is 15.8 Å². The zero-order valence-electron chi connectivity index (χ0n) is 16.1. The minimum absolute atomic E-state index is 0.0118. The number of piperazine rings is 1. The van der Waals surface area contributed by atoms with E-state index in [4.69, 9.17) is 0 Å². The molecule has 1 aliphatic heterocycles. The van der Waals surface area contributed by atoms with Gasteiger partial charge in [-0.15, -0.1) is 0 Å². The van der Waals surface area contributed by atoms with Crippen LogP contribution in [0.1, 0.15) is 32.2 Å². The molecule has 0 saturated carbocycles. The lowest BCUT2D eigenvalue weighted by Gasteiger charge is -2.34. The molecule has 3 heterocycles. The maximum Gasteiger partial charge on any atom is 0.232 e. The Morgan fingerprint density at radius 2 is 1.57 bits per heavy atom. The molecule has 0 amide bonds. The molecule has 0 N–H and O–H groups in total. The van der Waals surface area contributed by atoms with E-state index in [0.717, 1.165) is 5.69 Å². The molecule has 0 radical (unpaired) electrons. The first kappa shape index (κ1) is 18.8. The van der Waals surface area contributed by atoms with Crippen LogP contribution >= 0.6 is 0 Å². The number of anilines is 1. The third-order valence-corrected chi connectivity index (χ3v) is 6.72. The molecule has 0 bridgehead atoms. The monoisotopic (exact) mass is 423 g/mol. The van der Waals surface area contributed by atoms with Crippen molar-refractivity contribution in [3.05, 3.63) is 59.2 Å². The van der Waals surface area contributed by atoms with Crippen molar-refractivity contribution in [1.82, 2.24) is 19.3 Å². The van der Waals surface area contributed by atoms with Crippen molar-refractivity contribution in [3.63, 3.8) is 0 Å². The average Bonchev–Trinajstić information content (AvgIpc) is 2.75. The predicted molar refractivity (Wildman–Crippen MR) is 109 cm³/mol. The number of nitrogens with zero attached hydrogens (tertiary/aromatic N) is 5. The summed E-state index contributed by atoms with van der Waals surface area (Å²) >= 11 is 0. The Bertz CT molecular complexity index is 1330. The van der Waals surface area contributed by atoms with E-state index >= 15 is 0 Å². The summed E-state index contributed by atoms with van der Waals surface area (Å²) < 4.78 is 24.9. The molecule has 2 aromatic heterocycles. The number of sulfonamides is 1. The van der Waals surface area contributed by atoms with Crippen molar-refractivity contribution < 1.29 is 18.0 Å². The van der Waals surface area contributed by atoms with Crippen LogP contribution in [0.25, 0.3) is 11.0 Å². The second kappa shape index (κ2) is 6.64. The van der Waals surface area contributed by atoms with Crippen LogP contribution < -0.4 is 4.90 Å². The normalized spacial score (nSPS) is 17.2. The van der Waals surface area contributed by atoms with Gasteiger partial charge in [-0.05, 0) is 30.3 Å². The number of rotatable bonds is 2. The Kier molecular flexibility index (Phi) is 4.16. The largest absolute Gasteiger partial charge is 0.369 e. The van der Waals surface area contributed by atoms with Crippen LogP contribution in [0, 0.1) is 0 Å². The fourth-order valence-corrected chi connectivity index (χ4v) is 4.67. The van der Waals surface area contributed by atoms with Gasteiger partial charge in [-0.2, -0.15) is 4.31 Å². The second-order valence-corrected chi connectivity index (χ2v) is 9.28. The summed E-state index contributed by atoms with van der Waals surface area (Å²) in [5.74, 6) is -0.773. The third kappa shape index (κ3) is 2.96. The first-order chi connectivity index (χ1) is 14.3. The molecule has 0 unspecified atom stereocenters. The van der Waals surface area contributed by atoms with Gasteiger partial charge in [-0.25, -0.2) is 18.4 Å². The van der Waals surface area contributed by atoms with Gasteiger partial charge in [0.05, 0.1) is 22.9 Å². The first-order valence-electron chi connectivity index (χ1n) is 9.39. The van der Waals surface area contributed by atoms with E-state index in [1.165, 1.54) is 16.8 Å². The zero-order chi connectivity index (χ0) is 21.0. The van der Waals surface area contributed by atoms with Gasteiger partial charge >= 0.3 is 0 Å². The summed E-state index contributed by atoms with van der Waals surface area (Å²) in [7, 11) is -3.20. The molecule has 1 aromatic carbocycles. The molecule has 30 heavy (non-hydrogen) atoms. The number of carbonyl (C=O) groups is 2. The van der Waals surface area contributed by atoms with Gasteiger partial charge in [0.1, 0.15) is 17.1 Å². The summed E-state index contributed by atoms with van der Waals surface area (Å²) in [6, 6.07) is 8.61. The number of carbonyl (C=O) groups excluding carboxylic acids is 2. The van der Waals surface area contributed by atoms with Crippen LogP contribution in [0.3, 0.4) is 0 Å². The molecule has 1 fully saturated rings. The standard InChI is InChI=1S/C20H17N5O4S/c1-30(28,29)25-9-7-24(8-10-25)12-4-5-14-15(11-12)23-18-17(22-14)19(26)13-3-2-6-21-16(13)20(18)27/h2-6,11H,7-10H2,1H3. The molecule has 1 aliphatic carbocycles. The topological polar surface area (TPSA) is 113 Å². The van der Waals surface area contributed by atoms with E-state index in [2.05, 4.69) is 19.9 Å². The van der Waals surface area contributed by atoms with Crippen LogP contribution in [0.5, 0.6) is 0 Å². The number of fused-ring (bicyclic) bond motifs is 3.